The van der Waals surface area contributed by atoms with Crippen LogP contribution in [0.4, 0.5) is 0 Å². The van der Waals surface area contributed by atoms with Crippen molar-refractivity contribution in [1.82, 2.24) is 5.16 Å². The Morgan fingerprint density at radius 2 is 2.00 bits per heavy atom. The maximum absolute atomic E-state index is 5.17. The molecule has 0 spiro atoms. The number of hydrogen-bond donors (Lipinski definition) is 0. The molecule has 1 aromatic carbocycles. The second-order valence-electron chi connectivity index (χ2n) is 2.60. The van der Waals surface area contributed by atoms with E-state index in [0.29, 0.717) is 0 Å². The van der Waals surface area contributed by atoms with Gasteiger partial charge in [-0.05, 0) is 6.26 Å². The van der Waals surface area contributed by atoms with Crippen LogP contribution >= 0.6 is 11.8 Å². The van der Waals surface area contributed by atoms with Crippen LogP contribution in [0.25, 0.3) is 11.3 Å². The van der Waals surface area contributed by atoms with Gasteiger partial charge in [0, 0.05) is 11.6 Å². The molecule has 0 aliphatic rings. The van der Waals surface area contributed by atoms with E-state index in [9.17, 15) is 0 Å². The standard InChI is InChI=1S/C10H9NOS/c1-13-10-7-9(12-11-10)8-5-3-2-4-6-8/h2-7H,1H3. The van der Waals surface area contributed by atoms with Crippen molar-refractivity contribution >= 4 is 11.8 Å². The number of hydrogen-bond acceptors (Lipinski definition) is 3. The fourth-order valence-electron chi connectivity index (χ4n) is 1.09. The highest BCUT2D eigenvalue weighted by atomic mass is 32.2. The maximum Gasteiger partial charge on any atom is 0.168 e. The second kappa shape index (κ2) is 3.66. The Kier molecular flexibility index (Phi) is 2.36. The van der Waals surface area contributed by atoms with Crippen molar-refractivity contribution in [1.29, 1.82) is 0 Å². The van der Waals surface area contributed by atoms with Gasteiger partial charge in [0.25, 0.3) is 0 Å². The van der Waals surface area contributed by atoms with E-state index in [0.717, 1.165) is 16.3 Å². The normalized spacial score (nSPS) is 10.2. The Morgan fingerprint density at radius 1 is 1.23 bits per heavy atom. The van der Waals surface area contributed by atoms with E-state index >= 15 is 0 Å². The topological polar surface area (TPSA) is 26.0 Å². The lowest BCUT2D eigenvalue weighted by atomic mass is 10.2. The predicted octanol–water partition coefficient (Wildman–Crippen LogP) is 3.06. The monoisotopic (exact) mass is 191 g/mol. The predicted molar refractivity (Wildman–Crippen MR) is 53.7 cm³/mol. The molecular formula is C10H9NOS. The zero-order chi connectivity index (χ0) is 9.10. The number of nitrogens with zero attached hydrogens (tertiary/aromatic N) is 1. The van der Waals surface area contributed by atoms with Gasteiger partial charge in [-0.15, -0.1) is 11.8 Å². The lowest BCUT2D eigenvalue weighted by Crippen LogP contribution is -1.69. The third-order valence-corrected chi connectivity index (χ3v) is 2.37. The largest absolute Gasteiger partial charge is 0.355 e. The first-order valence-electron chi connectivity index (χ1n) is 3.96. The molecule has 1 aromatic heterocycles. The van der Waals surface area contributed by atoms with Gasteiger partial charge in [-0.25, -0.2) is 0 Å². The van der Waals surface area contributed by atoms with Crippen LogP contribution in [0.3, 0.4) is 0 Å². The van der Waals surface area contributed by atoms with Crippen molar-refractivity contribution in [3.05, 3.63) is 36.4 Å². The third kappa shape index (κ3) is 1.75. The van der Waals surface area contributed by atoms with Crippen LogP contribution in [-0.4, -0.2) is 11.4 Å². The molecule has 13 heavy (non-hydrogen) atoms. The van der Waals surface area contributed by atoms with Gasteiger partial charge in [-0.1, -0.05) is 35.5 Å². The molecule has 3 heteroatoms. The molecule has 0 radical (unpaired) electrons. The Bertz CT molecular complexity index is 383. The molecule has 0 unspecified atom stereocenters. The number of benzene rings is 1. The summed E-state index contributed by atoms with van der Waals surface area (Å²) in [6.45, 7) is 0. The fraction of sp³-hybridized carbons (Fsp3) is 0.100. The molecule has 0 fully saturated rings. The van der Waals surface area contributed by atoms with Crippen molar-refractivity contribution in [3.8, 4) is 11.3 Å². The average Bonchev–Trinajstić information content (AvgIpc) is 2.67. The number of thioether (sulfide) groups is 1. The van der Waals surface area contributed by atoms with Gasteiger partial charge in [0.05, 0.1) is 0 Å². The fourth-order valence-corrected chi connectivity index (χ4v) is 1.43. The van der Waals surface area contributed by atoms with E-state index in [2.05, 4.69) is 5.16 Å². The summed E-state index contributed by atoms with van der Waals surface area (Å²) in [5.74, 6) is 0.824. The van der Waals surface area contributed by atoms with Crippen LogP contribution in [0.1, 0.15) is 0 Å². The minimum atomic E-state index is 0.824. The van der Waals surface area contributed by atoms with Gasteiger partial charge in [0.2, 0.25) is 0 Å². The molecule has 2 rings (SSSR count). The highest BCUT2D eigenvalue weighted by molar-refractivity contribution is 7.98. The first-order chi connectivity index (χ1) is 6.40. The van der Waals surface area contributed by atoms with Crippen molar-refractivity contribution in [2.75, 3.05) is 6.26 Å². The Labute approximate surface area is 80.9 Å². The van der Waals surface area contributed by atoms with Crippen molar-refractivity contribution < 1.29 is 4.52 Å². The number of aromatic nitrogens is 1. The summed E-state index contributed by atoms with van der Waals surface area (Å²) < 4.78 is 5.17. The molecule has 0 aliphatic heterocycles. The van der Waals surface area contributed by atoms with Gasteiger partial charge in [0.1, 0.15) is 5.03 Å². The van der Waals surface area contributed by atoms with E-state index in [1.165, 1.54) is 0 Å². The molecular weight excluding hydrogens is 182 g/mol. The molecule has 0 bridgehead atoms. The third-order valence-electron chi connectivity index (χ3n) is 1.76. The summed E-state index contributed by atoms with van der Waals surface area (Å²) in [4.78, 5) is 0. The molecule has 0 saturated heterocycles. The highest BCUT2D eigenvalue weighted by Gasteiger charge is 2.03. The summed E-state index contributed by atoms with van der Waals surface area (Å²) in [6.07, 6.45) is 1.98. The lowest BCUT2D eigenvalue weighted by Gasteiger charge is -1.91. The Hall–Kier alpha value is -1.22. The van der Waals surface area contributed by atoms with E-state index in [1.54, 1.807) is 11.8 Å². The Morgan fingerprint density at radius 3 is 2.62 bits per heavy atom. The van der Waals surface area contributed by atoms with E-state index in [-0.39, 0.29) is 0 Å². The molecule has 1 heterocycles. The zero-order valence-electron chi connectivity index (χ0n) is 7.23. The molecule has 66 valence electrons. The van der Waals surface area contributed by atoms with Crippen LogP contribution in [-0.2, 0) is 0 Å². The summed E-state index contributed by atoms with van der Waals surface area (Å²) >= 11 is 1.58. The first kappa shape index (κ1) is 8.38. The minimum absolute atomic E-state index is 0.824. The van der Waals surface area contributed by atoms with Crippen molar-refractivity contribution in [3.63, 3.8) is 0 Å². The maximum atomic E-state index is 5.17. The molecule has 0 amide bonds. The van der Waals surface area contributed by atoms with Crippen LogP contribution in [0.2, 0.25) is 0 Å². The van der Waals surface area contributed by atoms with Gasteiger partial charge in [-0.2, -0.15) is 0 Å². The summed E-state index contributed by atoms with van der Waals surface area (Å²) in [7, 11) is 0. The van der Waals surface area contributed by atoms with Crippen LogP contribution in [0.5, 0.6) is 0 Å². The summed E-state index contributed by atoms with van der Waals surface area (Å²) in [6, 6.07) is 11.9. The first-order valence-corrected chi connectivity index (χ1v) is 5.19. The molecule has 0 aliphatic carbocycles. The zero-order valence-corrected chi connectivity index (χ0v) is 8.04. The Balaban J connectivity index is 2.36. The summed E-state index contributed by atoms with van der Waals surface area (Å²) in [5, 5.41) is 4.81. The van der Waals surface area contributed by atoms with Crippen LogP contribution in [0, 0.1) is 0 Å². The molecule has 0 saturated carbocycles. The highest BCUT2D eigenvalue weighted by Crippen LogP contribution is 2.23. The number of rotatable bonds is 2. The van der Waals surface area contributed by atoms with Crippen LogP contribution < -0.4 is 0 Å². The minimum Gasteiger partial charge on any atom is -0.355 e. The van der Waals surface area contributed by atoms with Gasteiger partial charge < -0.3 is 4.52 Å². The smallest absolute Gasteiger partial charge is 0.168 e. The second-order valence-corrected chi connectivity index (χ2v) is 3.43. The van der Waals surface area contributed by atoms with Gasteiger partial charge in [-0.3, -0.25) is 0 Å². The molecule has 0 atom stereocenters. The van der Waals surface area contributed by atoms with Crippen LogP contribution in [0.15, 0.2) is 45.9 Å². The van der Waals surface area contributed by atoms with Gasteiger partial charge >= 0.3 is 0 Å². The van der Waals surface area contributed by atoms with E-state index in [4.69, 9.17) is 4.52 Å². The molecule has 2 nitrogen and oxygen atoms in total. The molecule has 2 aromatic rings. The average molecular weight is 191 g/mol. The molecule has 0 N–H and O–H groups in total. The van der Waals surface area contributed by atoms with E-state index in [1.807, 2.05) is 42.7 Å². The van der Waals surface area contributed by atoms with E-state index < -0.39 is 0 Å². The summed E-state index contributed by atoms with van der Waals surface area (Å²) in [5.41, 5.74) is 1.07. The van der Waals surface area contributed by atoms with Crippen molar-refractivity contribution in [2.24, 2.45) is 0 Å². The van der Waals surface area contributed by atoms with Gasteiger partial charge in [0.15, 0.2) is 5.76 Å². The quantitative estimate of drug-likeness (QED) is 0.682. The van der Waals surface area contributed by atoms with Crippen molar-refractivity contribution in [2.45, 2.75) is 5.03 Å². The lowest BCUT2D eigenvalue weighted by molar-refractivity contribution is 0.415. The SMILES string of the molecule is CSc1cc(-c2ccccc2)on1.